The second-order valence-electron chi connectivity index (χ2n) is 8.55. The highest BCUT2D eigenvalue weighted by Crippen LogP contribution is 2.45. The smallest absolute Gasteiger partial charge is 0.350 e. The van der Waals surface area contributed by atoms with Crippen molar-refractivity contribution in [3.63, 3.8) is 0 Å². The highest BCUT2D eigenvalue weighted by molar-refractivity contribution is 7.17. The molecule has 2 aliphatic heterocycles. The summed E-state index contributed by atoms with van der Waals surface area (Å²) >= 11 is 0.850. The fourth-order valence-electron chi connectivity index (χ4n) is 4.51. The first-order chi connectivity index (χ1) is 17.2. The SMILES string of the molecule is COC(=O)c1sc(N2C(=O)C(=O)/C(=C(/O)c3ccc4c(c3)C[C@H](C)O4)[C@@H]2c2ccccc2F)nc1C. The lowest BCUT2D eigenvalue weighted by Gasteiger charge is -2.23. The van der Waals surface area contributed by atoms with E-state index in [4.69, 9.17) is 9.47 Å². The fraction of sp³-hybridized carbons (Fsp3) is 0.231. The number of amides is 1. The second-order valence-corrected chi connectivity index (χ2v) is 9.53. The third-order valence-corrected chi connectivity index (χ3v) is 7.31. The van der Waals surface area contributed by atoms with E-state index in [1.807, 2.05) is 6.92 Å². The molecule has 1 fully saturated rings. The van der Waals surface area contributed by atoms with Crippen molar-refractivity contribution in [1.82, 2.24) is 4.98 Å². The van der Waals surface area contributed by atoms with Crippen LogP contribution in [0.5, 0.6) is 5.75 Å². The number of carbonyl (C=O) groups is 3. The zero-order valence-corrected chi connectivity index (χ0v) is 20.4. The Morgan fingerprint density at radius 1 is 1.25 bits per heavy atom. The van der Waals surface area contributed by atoms with E-state index in [1.165, 1.54) is 25.3 Å². The van der Waals surface area contributed by atoms with Crippen LogP contribution < -0.4 is 9.64 Å². The lowest BCUT2D eigenvalue weighted by atomic mass is 9.94. The van der Waals surface area contributed by atoms with Crippen LogP contribution in [0.2, 0.25) is 0 Å². The van der Waals surface area contributed by atoms with Gasteiger partial charge < -0.3 is 14.6 Å². The number of Topliss-reactive ketones (excluding diaryl/α,β-unsaturated/α-hetero) is 1. The zero-order valence-electron chi connectivity index (χ0n) is 19.6. The molecule has 1 aromatic heterocycles. The van der Waals surface area contributed by atoms with E-state index >= 15 is 4.39 Å². The van der Waals surface area contributed by atoms with Crippen LogP contribution in [0.4, 0.5) is 9.52 Å². The molecule has 0 radical (unpaired) electrons. The zero-order chi connectivity index (χ0) is 25.7. The predicted molar refractivity (Wildman–Crippen MR) is 130 cm³/mol. The number of aliphatic hydroxyl groups is 1. The molecule has 5 rings (SSSR count). The molecule has 184 valence electrons. The number of hydrogen-bond donors (Lipinski definition) is 1. The third-order valence-electron chi connectivity index (χ3n) is 6.18. The standard InChI is InChI=1S/C26H21FN2O6S/c1-12-10-15-11-14(8-9-18(15)35-12)21(30)19-20(16-6-4-5-7-17(16)27)29(24(32)22(19)31)26-28-13(2)23(36-26)25(33)34-3/h4-9,11-12,20,30H,10H2,1-3H3/b21-19+/t12-,20-/m0/s1. The van der Waals surface area contributed by atoms with Gasteiger partial charge in [0.15, 0.2) is 5.13 Å². The minimum atomic E-state index is -1.30. The number of hydrogen-bond acceptors (Lipinski definition) is 8. The molecule has 10 heteroatoms. The van der Waals surface area contributed by atoms with Crippen molar-refractivity contribution in [3.8, 4) is 5.75 Å². The van der Waals surface area contributed by atoms with Crippen LogP contribution in [0.15, 0.2) is 48.0 Å². The molecule has 8 nitrogen and oxygen atoms in total. The Morgan fingerprint density at radius 3 is 2.72 bits per heavy atom. The summed E-state index contributed by atoms with van der Waals surface area (Å²) in [5.74, 6) is -3.05. The van der Waals surface area contributed by atoms with Gasteiger partial charge in [0, 0.05) is 17.5 Å². The molecule has 2 aliphatic rings. The molecule has 0 bridgehead atoms. The molecule has 1 N–H and O–H groups in total. The third kappa shape index (κ3) is 3.74. The van der Waals surface area contributed by atoms with E-state index in [1.54, 1.807) is 31.2 Å². The quantitative estimate of drug-likeness (QED) is 0.242. The Balaban J connectivity index is 1.70. The van der Waals surface area contributed by atoms with Gasteiger partial charge in [-0.3, -0.25) is 14.5 Å². The minimum Gasteiger partial charge on any atom is -0.507 e. The number of ketones is 1. The van der Waals surface area contributed by atoms with Gasteiger partial charge in [0.2, 0.25) is 0 Å². The highest BCUT2D eigenvalue weighted by atomic mass is 32.1. The number of esters is 1. The molecule has 1 amide bonds. The van der Waals surface area contributed by atoms with Gasteiger partial charge in [-0.25, -0.2) is 14.2 Å². The van der Waals surface area contributed by atoms with Crippen molar-refractivity contribution in [2.24, 2.45) is 0 Å². The summed E-state index contributed by atoms with van der Waals surface area (Å²) < 4.78 is 25.5. The van der Waals surface area contributed by atoms with Crippen LogP contribution in [0, 0.1) is 12.7 Å². The number of aliphatic hydroxyl groups excluding tert-OH is 1. The molecule has 36 heavy (non-hydrogen) atoms. The Morgan fingerprint density at radius 2 is 2.00 bits per heavy atom. The average molecular weight is 509 g/mol. The number of anilines is 1. The van der Waals surface area contributed by atoms with Gasteiger partial charge in [-0.2, -0.15) is 0 Å². The number of rotatable bonds is 4. The lowest BCUT2D eigenvalue weighted by Crippen LogP contribution is -2.29. The first-order valence-electron chi connectivity index (χ1n) is 11.1. The van der Waals surface area contributed by atoms with E-state index in [9.17, 15) is 19.5 Å². The molecular weight excluding hydrogens is 487 g/mol. The molecule has 0 spiro atoms. The van der Waals surface area contributed by atoms with Crippen molar-refractivity contribution < 1.29 is 33.4 Å². The molecule has 0 unspecified atom stereocenters. The van der Waals surface area contributed by atoms with Crippen LogP contribution in [0.3, 0.4) is 0 Å². The number of ether oxygens (including phenoxy) is 2. The molecular formula is C26H21FN2O6S. The largest absolute Gasteiger partial charge is 0.507 e. The van der Waals surface area contributed by atoms with Gasteiger partial charge in [-0.05, 0) is 43.7 Å². The number of aryl methyl sites for hydroxylation is 1. The van der Waals surface area contributed by atoms with Gasteiger partial charge in [-0.1, -0.05) is 29.5 Å². The summed E-state index contributed by atoms with van der Waals surface area (Å²) in [7, 11) is 1.22. The molecule has 0 saturated carbocycles. The Labute approximate surface area is 209 Å². The monoisotopic (exact) mass is 508 g/mol. The van der Waals surface area contributed by atoms with Crippen LogP contribution in [0.25, 0.3) is 5.76 Å². The fourth-order valence-corrected chi connectivity index (χ4v) is 5.52. The molecule has 2 aromatic carbocycles. The first kappa shape index (κ1) is 23.7. The van der Waals surface area contributed by atoms with E-state index < -0.39 is 35.3 Å². The predicted octanol–water partition coefficient (Wildman–Crippen LogP) is 4.33. The van der Waals surface area contributed by atoms with Crippen molar-refractivity contribution in [1.29, 1.82) is 0 Å². The molecule has 2 atom stereocenters. The summed E-state index contributed by atoms with van der Waals surface area (Å²) in [6.45, 7) is 3.48. The normalized spacial score (nSPS) is 20.4. The maximum atomic E-state index is 15.1. The number of methoxy groups -OCH3 is 1. The van der Waals surface area contributed by atoms with Crippen molar-refractivity contribution in [3.05, 3.63) is 81.1 Å². The Kier molecular flexibility index (Phi) is 5.83. The summed E-state index contributed by atoms with van der Waals surface area (Å²) in [4.78, 5) is 44.2. The number of thiazole rings is 1. The van der Waals surface area contributed by atoms with Crippen LogP contribution >= 0.6 is 11.3 Å². The number of nitrogens with zero attached hydrogens (tertiary/aromatic N) is 2. The average Bonchev–Trinajstić information content (AvgIpc) is 3.50. The molecule has 1 saturated heterocycles. The van der Waals surface area contributed by atoms with Gasteiger partial charge >= 0.3 is 11.9 Å². The number of carbonyl (C=O) groups excluding carboxylic acids is 3. The Hall–Kier alpha value is -4.05. The maximum absolute atomic E-state index is 15.1. The summed E-state index contributed by atoms with van der Waals surface area (Å²) in [6, 6.07) is 9.36. The van der Waals surface area contributed by atoms with E-state index in [2.05, 4.69) is 4.98 Å². The topological polar surface area (TPSA) is 106 Å². The van der Waals surface area contributed by atoms with Crippen LogP contribution in [-0.4, -0.2) is 41.0 Å². The highest BCUT2D eigenvalue weighted by Gasteiger charge is 2.49. The maximum Gasteiger partial charge on any atom is 0.350 e. The summed E-state index contributed by atoms with van der Waals surface area (Å²) in [5, 5.41) is 11.3. The number of aromatic nitrogens is 1. The van der Waals surface area contributed by atoms with Crippen molar-refractivity contribution >= 4 is 39.9 Å². The van der Waals surface area contributed by atoms with Gasteiger partial charge in [0.25, 0.3) is 5.78 Å². The number of fused-ring (bicyclic) bond motifs is 1. The summed E-state index contributed by atoms with van der Waals surface area (Å²) in [6.07, 6.45) is 0.592. The Bertz CT molecular complexity index is 1460. The van der Waals surface area contributed by atoms with Crippen molar-refractivity contribution in [2.45, 2.75) is 32.4 Å². The number of halogens is 1. The molecule has 0 aliphatic carbocycles. The first-order valence-corrected chi connectivity index (χ1v) is 11.9. The summed E-state index contributed by atoms with van der Waals surface area (Å²) in [5.41, 5.74) is 1.18. The van der Waals surface area contributed by atoms with Crippen molar-refractivity contribution in [2.75, 3.05) is 12.0 Å². The van der Waals surface area contributed by atoms with E-state index in [-0.39, 0.29) is 27.2 Å². The van der Waals surface area contributed by atoms with Crippen LogP contribution in [0.1, 0.15) is 45.0 Å². The number of benzene rings is 2. The molecule has 3 aromatic rings. The van der Waals surface area contributed by atoms with E-state index in [0.29, 0.717) is 23.4 Å². The van der Waals surface area contributed by atoms with Gasteiger partial charge in [0.05, 0.1) is 18.4 Å². The van der Waals surface area contributed by atoms with Gasteiger partial charge in [0.1, 0.15) is 34.3 Å². The second kappa shape index (κ2) is 8.87. The minimum absolute atomic E-state index is 0.00355. The molecule has 3 heterocycles. The lowest BCUT2D eigenvalue weighted by molar-refractivity contribution is -0.132. The van der Waals surface area contributed by atoms with Crippen LogP contribution in [-0.2, 0) is 20.7 Å². The van der Waals surface area contributed by atoms with E-state index in [0.717, 1.165) is 21.8 Å². The van der Waals surface area contributed by atoms with Gasteiger partial charge in [-0.15, -0.1) is 0 Å².